The molecule has 5 heteroatoms. The highest BCUT2D eigenvalue weighted by atomic mass is 16.4. The van der Waals surface area contributed by atoms with E-state index in [1.54, 1.807) is 22.7 Å². The first-order valence-electron chi connectivity index (χ1n) is 4.50. The van der Waals surface area contributed by atoms with E-state index in [1.807, 2.05) is 6.07 Å². The number of hydrogen-bond acceptors (Lipinski definition) is 3. The van der Waals surface area contributed by atoms with Crippen molar-refractivity contribution in [2.24, 2.45) is 0 Å². The van der Waals surface area contributed by atoms with Crippen LogP contribution >= 0.6 is 0 Å². The standard InChI is InChI=1S/C10H10N2O3/c13-8(5-10(14)15)7-6-11-9-3-1-2-4-12(7)9/h1-4,6,8,13H,5H2,(H,14,15)/t8-/m1/s1. The molecule has 1 atom stereocenters. The van der Waals surface area contributed by atoms with Gasteiger partial charge in [0.2, 0.25) is 0 Å². The van der Waals surface area contributed by atoms with Gasteiger partial charge in [-0.3, -0.25) is 4.79 Å². The average molecular weight is 206 g/mol. The number of hydrogen-bond donors (Lipinski definition) is 2. The van der Waals surface area contributed by atoms with Gasteiger partial charge in [0.05, 0.1) is 18.3 Å². The van der Waals surface area contributed by atoms with Gasteiger partial charge in [0.1, 0.15) is 11.8 Å². The van der Waals surface area contributed by atoms with E-state index < -0.39 is 12.1 Å². The Morgan fingerprint density at radius 2 is 2.33 bits per heavy atom. The minimum absolute atomic E-state index is 0.317. The van der Waals surface area contributed by atoms with Gasteiger partial charge >= 0.3 is 5.97 Å². The lowest BCUT2D eigenvalue weighted by molar-refractivity contribution is -0.139. The number of carbonyl (C=O) groups is 1. The summed E-state index contributed by atoms with van der Waals surface area (Å²) < 4.78 is 1.67. The molecule has 78 valence electrons. The molecule has 2 N–H and O–H groups in total. The maximum atomic E-state index is 10.5. The number of carboxylic acids is 1. The van der Waals surface area contributed by atoms with Crippen LogP contribution < -0.4 is 0 Å². The highest BCUT2D eigenvalue weighted by Gasteiger charge is 2.15. The van der Waals surface area contributed by atoms with Crippen molar-refractivity contribution >= 4 is 11.6 Å². The van der Waals surface area contributed by atoms with Gasteiger partial charge in [0.15, 0.2) is 0 Å². The summed E-state index contributed by atoms with van der Waals surface area (Å²) in [7, 11) is 0. The lowest BCUT2D eigenvalue weighted by atomic mass is 10.2. The zero-order valence-corrected chi connectivity index (χ0v) is 7.87. The Bertz CT molecular complexity index is 492. The fourth-order valence-electron chi connectivity index (χ4n) is 1.47. The summed E-state index contributed by atoms with van der Waals surface area (Å²) >= 11 is 0. The molecule has 2 heterocycles. The van der Waals surface area contributed by atoms with E-state index in [1.165, 1.54) is 6.20 Å². The molecule has 0 unspecified atom stereocenters. The number of rotatable bonds is 3. The summed E-state index contributed by atoms with van der Waals surface area (Å²) in [5, 5.41) is 18.2. The Labute approximate surface area is 85.6 Å². The van der Waals surface area contributed by atoms with Crippen LogP contribution in [0, 0.1) is 0 Å². The maximum absolute atomic E-state index is 10.5. The molecule has 0 amide bonds. The third kappa shape index (κ3) is 1.82. The number of aliphatic hydroxyl groups is 1. The van der Waals surface area contributed by atoms with Crippen LogP contribution in [0.15, 0.2) is 30.6 Å². The first kappa shape index (κ1) is 9.67. The van der Waals surface area contributed by atoms with Crippen molar-refractivity contribution < 1.29 is 15.0 Å². The van der Waals surface area contributed by atoms with Crippen molar-refractivity contribution in [1.82, 2.24) is 9.38 Å². The van der Waals surface area contributed by atoms with E-state index in [4.69, 9.17) is 5.11 Å². The predicted octanol–water partition coefficient (Wildman–Crippen LogP) is 0.842. The van der Waals surface area contributed by atoms with E-state index in [0.29, 0.717) is 11.3 Å². The van der Waals surface area contributed by atoms with Gasteiger partial charge in [-0.15, -0.1) is 0 Å². The fourth-order valence-corrected chi connectivity index (χ4v) is 1.47. The minimum atomic E-state index is -1.03. The number of aliphatic hydroxyl groups excluding tert-OH is 1. The highest BCUT2D eigenvalue weighted by Crippen LogP contribution is 2.17. The van der Waals surface area contributed by atoms with Gasteiger partial charge in [0.25, 0.3) is 0 Å². The average Bonchev–Trinajstić information content (AvgIpc) is 2.59. The number of carboxylic acid groups (broad SMARTS) is 1. The Morgan fingerprint density at radius 3 is 3.07 bits per heavy atom. The second-order valence-corrected chi connectivity index (χ2v) is 3.23. The number of aliphatic carboxylic acids is 1. The van der Waals surface area contributed by atoms with Crippen molar-refractivity contribution in [2.45, 2.75) is 12.5 Å². The molecule has 5 nitrogen and oxygen atoms in total. The lowest BCUT2D eigenvalue weighted by Crippen LogP contribution is -2.07. The third-order valence-electron chi connectivity index (χ3n) is 2.16. The molecular weight excluding hydrogens is 196 g/mol. The zero-order chi connectivity index (χ0) is 10.8. The van der Waals surface area contributed by atoms with Gasteiger partial charge in [-0.1, -0.05) is 6.07 Å². The van der Waals surface area contributed by atoms with Crippen LogP contribution in [0.4, 0.5) is 0 Å². The molecule has 2 aromatic rings. The molecule has 0 saturated carbocycles. The topological polar surface area (TPSA) is 74.8 Å². The largest absolute Gasteiger partial charge is 0.481 e. The summed E-state index contributed by atoms with van der Waals surface area (Å²) in [5.41, 5.74) is 1.19. The lowest BCUT2D eigenvalue weighted by Gasteiger charge is -2.06. The van der Waals surface area contributed by atoms with E-state index in [0.717, 1.165) is 0 Å². The summed E-state index contributed by atoms with van der Waals surface area (Å²) in [6.07, 6.45) is 1.88. The molecule has 0 aliphatic rings. The van der Waals surface area contributed by atoms with E-state index in [2.05, 4.69) is 4.98 Å². The van der Waals surface area contributed by atoms with Crippen LogP contribution in [0.2, 0.25) is 0 Å². The Morgan fingerprint density at radius 1 is 1.53 bits per heavy atom. The van der Waals surface area contributed by atoms with Gasteiger partial charge in [-0.2, -0.15) is 0 Å². The molecule has 0 fully saturated rings. The summed E-state index contributed by atoms with van der Waals surface area (Å²) in [5.74, 6) is -1.03. The van der Waals surface area contributed by atoms with Gasteiger partial charge in [-0.05, 0) is 12.1 Å². The number of fused-ring (bicyclic) bond motifs is 1. The highest BCUT2D eigenvalue weighted by molar-refractivity contribution is 5.67. The molecule has 0 aromatic carbocycles. The third-order valence-corrected chi connectivity index (χ3v) is 2.16. The predicted molar refractivity (Wildman–Crippen MR) is 52.4 cm³/mol. The number of nitrogens with zero attached hydrogens (tertiary/aromatic N) is 2. The van der Waals surface area contributed by atoms with Crippen LogP contribution in [-0.4, -0.2) is 25.6 Å². The van der Waals surface area contributed by atoms with Crippen LogP contribution in [0.1, 0.15) is 18.2 Å². The SMILES string of the molecule is O=C(O)C[C@@H](O)c1cnc2ccccn12. The smallest absolute Gasteiger partial charge is 0.306 e. The molecule has 0 bridgehead atoms. The van der Waals surface area contributed by atoms with Gasteiger partial charge < -0.3 is 14.6 Å². The van der Waals surface area contributed by atoms with E-state index in [-0.39, 0.29) is 6.42 Å². The van der Waals surface area contributed by atoms with Crippen molar-refractivity contribution in [2.75, 3.05) is 0 Å². The molecule has 0 radical (unpaired) electrons. The van der Waals surface area contributed by atoms with Gasteiger partial charge in [-0.25, -0.2) is 4.98 Å². The van der Waals surface area contributed by atoms with Crippen molar-refractivity contribution in [3.63, 3.8) is 0 Å². The second kappa shape index (κ2) is 3.70. The second-order valence-electron chi connectivity index (χ2n) is 3.23. The van der Waals surface area contributed by atoms with Crippen LogP contribution in [0.5, 0.6) is 0 Å². The van der Waals surface area contributed by atoms with Crippen molar-refractivity contribution in [1.29, 1.82) is 0 Å². The quantitative estimate of drug-likeness (QED) is 0.780. The number of aromatic nitrogens is 2. The summed E-state index contributed by atoms with van der Waals surface area (Å²) in [6, 6.07) is 5.42. The van der Waals surface area contributed by atoms with E-state index >= 15 is 0 Å². The molecular formula is C10H10N2O3. The molecule has 0 aliphatic heterocycles. The van der Waals surface area contributed by atoms with E-state index in [9.17, 15) is 9.90 Å². The Kier molecular flexibility index (Phi) is 2.39. The molecule has 2 aromatic heterocycles. The summed E-state index contributed by atoms with van der Waals surface area (Å²) in [6.45, 7) is 0. The Hall–Kier alpha value is -1.88. The van der Waals surface area contributed by atoms with Crippen molar-refractivity contribution in [3.8, 4) is 0 Å². The molecule has 0 saturated heterocycles. The number of pyridine rings is 1. The maximum Gasteiger partial charge on any atom is 0.306 e. The van der Waals surface area contributed by atoms with Crippen LogP contribution in [0.3, 0.4) is 0 Å². The minimum Gasteiger partial charge on any atom is -0.481 e. The fraction of sp³-hybridized carbons (Fsp3) is 0.200. The number of imidazole rings is 1. The molecule has 2 rings (SSSR count). The normalized spacial score (nSPS) is 12.9. The first-order valence-corrected chi connectivity index (χ1v) is 4.50. The molecule has 0 spiro atoms. The molecule has 15 heavy (non-hydrogen) atoms. The van der Waals surface area contributed by atoms with Crippen LogP contribution in [-0.2, 0) is 4.79 Å². The first-order chi connectivity index (χ1) is 7.18. The van der Waals surface area contributed by atoms with Crippen LogP contribution in [0.25, 0.3) is 5.65 Å². The zero-order valence-electron chi connectivity index (χ0n) is 7.87. The van der Waals surface area contributed by atoms with Gasteiger partial charge in [0, 0.05) is 6.20 Å². The summed E-state index contributed by atoms with van der Waals surface area (Å²) in [4.78, 5) is 14.5. The molecule has 0 aliphatic carbocycles. The monoisotopic (exact) mass is 206 g/mol. The Balaban J connectivity index is 2.39. The van der Waals surface area contributed by atoms with Crippen molar-refractivity contribution in [3.05, 3.63) is 36.3 Å².